The first-order chi connectivity index (χ1) is 12.3. The van der Waals surface area contributed by atoms with Crippen LogP contribution in [0.2, 0.25) is 0 Å². The number of ether oxygens (including phenoxy) is 1. The van der Waals surface area contributed by atoms with E-state index in [4.69, 9.17) is 4.74 Å². The van der Waals surface area contributed by atoms with Crippen molar-refractivity contribution < 1.29 is 4.74 Å². The third-order valence-corrected chi connectivity index (χ3v) is 5.22. The summed E-state index contributed by atoms with van der Waals surface area (Å²) in [6.07, 6.45) is 2.23. The molecule has 0 spiro atoms. The fourth-order valence-corrected chi connectivity index (χ4v) is 3.86. The lowest BCUT2D eigenvalue weighted by molar-refractivity contribution is 0.431. The van der Waals surface area contributed by atoms with Gasteiger partial charge in [0.15, 0.2) is 5.75 Å². The third-order valence-electron chi connectivity index (χ3n) is 4.04. The Bertz CT molecular complexity index is 729. The van der Waals surface area contributed by atoms with Crippen molar-refractivity contribution in [3.63, 3.8) is 0 Å². The largest absolute Gasteiger partial charge is 0.422 e. The summed E-state index contributed by atoms with van der Waals surface area (Å²) in [4.78, 5) is 15.5. The lowest BCUT2D eigenvalue weighted by Crippen LogP contribution is -2.26. The highest BCUT2D eigenvalue weighted by atomic mass is 79.9. The molecular formula is C19H26Br2N4O. The van der Waals surface area contributed by atoms with E-state index in [1.807, 2.05) is 6.92 Å². The van der Waals surface area contributed by atoms with Gasteiger partial charge in [0.1, 0.15) is 5.82 Å². The molecule has 1 heterocycles. The maximum absolute atomic E-state index is 6.01. The molecule has 0 aliphatic heterocycles. The van der Waals surface area contributed by atoms with Crippen LogP contribution in [0.5, 0.6) is 11.8 Å². The Kier molecular flexibility index (Phi) is 7.83. The molecule has 2 rings (SSSR count). The lowest BCUT2D eigenvalue weighted by atomic mass is 10.0. The standard InChI is InChI=1S/C19H26Br2N4O/c1-6-8-9-25(7-2)18-22-13(5)23-19(24-18)26-17-15(20)10-14(12(3)4)11-16(17)21/h10-12H,6-9H2,1-5H3. The number of benzene rings is 1. The second-order valence-corrected chi connectivity index (χ2v) is 8.18. The summed E-state index contributed by atoms with van der Waals surface area (Å²) in [5.74, 6) is 2.40. The molecule has 0 bridgehead atoms. The van der Waals surface area contributed by atoms with E-state index >= 15 is 0 Å². The minimum absolute atomic E-state index is 0.307. The van der Waals surface area contributed by atoms with Gasteiger partial charge < -0.3 is 9.64 Å². The van der Waals surface area contributed by atoms with Crippen molar-refractivity contribution in [3.8, 4) is 11.8 Å². The van der Waals surface area contributed by atoms with Crippen LogP contribution in [0, 0.1) is 6.92 Å². The van der Waals surface area contributed by atoms with Gasteiger partial charge in [0.25, 0.3) is 0 Å². The summed E-state index contributed by atoms with van der Waals surface area (Å²) in [5.41, 5.74) is 1.22. The maximum Gasteiger partial charge on any atom is 0.327 e. The van der Waals surface area contributed by atoms with Crippen LogP contribution in [0.4, 0.5) is 5.95 Å². The average Bonchev–Trinajstić information content (AvgIpc) is 2.58. The van der Waals surface area contributed by atoms with E-state index in [2.05, 4.69) is 91.5 Å². The molecule has 5 nitrogen and oxygen atoms in total. The molecule has 2 aromatic rings. The molecule has 0 saturated carbocycles. The minimum Gasteiger partial charge on any atom is -0.422 e. The molecule has 0 atom stereocenters. The molecule has 1 aromatic carbocycles. The smallest absolute Gasteiger partial charge is 0.327 e. The molecule has 0 fully saturated rings. The molecule has 0 N–H and O–H groups in total. The Hall–Kier alpha value is -1.21. The van der Waals surface area contributed by atoms with E-state index in [0.29, 0.717) is 29.5 Å². The molecule has 142 valence electrons. The topological polar surface area (TPSA) is 51.1 Å². The van der Waals surface area contributed by atoms with Crippen molar-refractivity contribution in [1.29, 1.82) is 0 Å². The van der Waals surface area contributed by atoms with Crippen LogP contribution < -0.4 is 9.64 Å². The Labute approximate surface area is 172 Å². The molecule has 7 heteroatoms. The Morgan fingerprint density at radius 1 is 1.08 bits per heavy atom. The Balaban J connectivity index is 2.33. The van der Waals surface area contributed by atoms with Gasteiger partial charge in [-0.25, -0.2) is 0 Å². The van der Waals surface area contributed by atoms with Crippen LogP contribution in [0.15, 0.2) is 21.1 Å². The van der Waals surface area contributed by atoms with Gasteiger partial charge in [0, 0.05) is 13.1 Å². The highest BCUT2D eigenvalue weighted by molar-refractivity contribution is 9.11. The zero-order valence-electron chi connectivity index (χ0n) is 16.0. The zero-order valence-corrected chi connectivity index (χ0v) is 19.2. The number of rotatable bonds is 8. The van der Waals surface area contributed by atoms with Crippen LogP contribution in [-0.2, 0) is 0 Å². The van der Waals surface area contributed by atoms with E-state index in [9.17, 15) is 0 Å². The fourth-order valence-electron chi connectivity index (χ4n) is 2.48. The number of hydrogen-bond donors (Lipinski definition) is 0. The number of halogens is 2. The van der Waals surface area contributed by atoms with Crippen molar-refractivity contribution in [2.45, 2.75) is 53.4 Å². The minimum atomic E-state index is 0.307. The SMILES string of the molecule is CCCCN(CC)c1nc(C)nc(Oc2c(Br)cc(C(C)C)cc2Br)n1. The van der Waals surface area contributed by atoms with E-state index in [1.165, 1.54) is 5.56 Å². The second kappa shape index (κ2) is 9.65. The summed E-state index contributed by atoms with van der Waals surface area (Å²) in [6, 6.07) is 4.44. The molecule has 0 saturated heterocycles. The first-order valence-corrected chi connectivity index (χ1v) is 10.6. The van der Waals surface area contributed by atoms with Crippen molar-refractivity contribution in [2.75, 3.05) is 18.0 Å². The van der Waals surface area contributed by atoms with Crippen LogP contribution in [0.3, 0.4) is 0 Å². The number of hydrogen-bond acceptors (Lipinski definition) is 5. The van der Waals surface area contributed by atoms with Gasteiger partial charge in [0.05, 0.1) is 8.95 Å². The molecule has 0 aliphatic rings. The Morgan fingerprint density at radius 2 is 1.73 bits per heavy atom. The van der Waals surface area contributed by atoms with Gasteiger partial charge in [-0.3, -0.25) is 0 Å². The van der Waals surface area contributed by atoms with E-state index in [-0.39, 0.29) is 0 Å². The van der Waals surface area contributed by atoms with Crippen molar-refractivity contribution >= 4 is 37.8 Å². The number of nitrogens with zero attached hydrogens (tertiary/aromatic N) is 4. The molecule has 0 aliphatic carbocycles. The quantitative estimate of drug-likeness (QED) is 0.442. The predicted molar refractivity (Wildman–Crippen MR) is 113 cm³/mol. The van der Waals surface area contributed by atoms with Gasteiger partial charge in [-0.2, -0.15) is 15.0 Å². The van der Waals surface area contributed by atoms with Gasteiger partial charge in [-0.05, 0) is 75.7 Å². The maximum atomic E-state index is 6.01. The van der Waals surface area contributed by atoms with Crippen LogP contribution >= 0.6 is 31.9 Å². The summed E-state index contributed by atoms with van der Waals surface area (Å²) < 4.78 is 7.75. The molecule has 1 aromatic heterocycles. The van der Waals surface area contributed by atoms with E-state index in [1.54, 1.807) is 0 Å². The summed E-state index contributed by atoms with van der Waals surface area (Å²) in [6.45, 7) is 12.2. The molecule has 0 radical (unpaired) electrons. The van der Waals surface area contributed by atoms with Gasteiger partial charge in [-0.15, -0.1) is 0 Å². The van der Waals surface area contributed by atoms with Gasteiger partial charge in [0.2, 0.25) is 5.95 Å². The monoisotopic (exact) mass is 484 g/mol. The predicted octanol–water partition coefficient (Wildman–Crippen LogP) is 6.25. The summed E-state index contributed by atoms with van der Waals surface area (Å²) >= 11 is 7.20. The summed E-state index contributed by atoms with van der Waals surface area (Å²) in [5, 5.41) is 0. The molecule has 26 heavy (non-hydrogen) atoms. The van der Waals surface area contributed by atoms with Crippen molar-refractivity contribution in [3.05, 3.63) is 32.5 Å². The lowest BCUT2D eigenvalue weighted by Gasteiger charge is -2.21. The number of aryl methyl sites for hydroxylation is 1. The first kappa shape index (κ1) is 21.1. The van der Waals surface area contributed by atoms with Crippen LogP contribution in [-0.4, -0.2) is 28.0 Å². The van der Waals surface area contributed by atoms with Crippen molar-refractivity contribution in [2.24, 2.45) is 0 Å². The third kappa shape index (κ3) is 5.39. The van der Waals surface area contributed by atoms with Crippen LogP contribution in [0.1, 0.15) is 57.8 Å². The van der Waals surface area contributed by atoms with E-state index < -0.39 is 0 Å². The average molecular weight is 486 g/mol. The number of unbranched alkanes of at least 4 members (excludes halogenated alkanes) is 1. The highest BCUT2D eigenvalue weighted by Gasteiger charge is 2.16. The Morgan fingerprint density at radius 3 is 2.27 bits per heavy atom. The van der Waals surface area contributed by atoms with Crippen LogP contribution in [0.25, 0.3) is 0 Å². The molecule has 0 amide bonds. The number of anilines is 1. The fraction of sp³-hybridized carbons (Fsp3) is 0.526. The highest BCUT2D eigenvalue weighted by Crippen LogP contribution is 2.38. The molecular weight excluding hydrogens is 460 g/mol. The van der Waals surface area contributed by atoms with E-state index in [0.717, 1.165) is 34.9 Å². The number of aromatic nitrogens is 3. The second-order valence-electron chi connectivity index (χ2n) is 6.47. The normalized spacial score (nSPS) is 11.1. The summed E-state index contributed by atoms with van der Waals surface area (Å²) in [7, 11) is 0. The first-order valence-electron chi connectivity index (χ1n) is 9.00. The van der Waals surface area contributed by atoms with Gasteiger partial charge in [-0.1, -0.05) is 27.2 Å². The van der Waals surface area contributed by atoms with Gasteiger partial charge >= 0.3 is 6.01 Å². The zero-order chi connectivity index (χ0) is 19.3. The van der Waals surface area contributed by atoms with Crippen molar-refractivity contribution in [1.82, 2.24) is 15.0 Å². The molecule has 0 unspecified atom stereocenters.